The van der Waals surface area contributed by atoms with E-state index in [-0.39, 0.29) is 6.61 Å². The lowest BCUT2D eigenvalue weighted by Crippen LogP contribution is -2.01. The van der Waals surface area contributed by atoms with Crippen molar-refractivity contribution in [1.29, 1.82) is 0 Å². The van der Waals surface area contributed by atoms with Gasteiger partial charge in [-0.15, -0.1) is 0 Å². The molecular formula is C37H28O2. The molecule has 0 aliphatic heterocycles. The van der Waals surface area contributed by atoms with Crippen molar-refractivity contribution in [1.82, 2.24) is 0 Å². The molecule has 0 radical (unpaired) electrons. The molecule has 1 N–H and O–H groups in total. The fraction of sp³-hybridized carbons (Fsp3) is 0.0811. The molecule has 0 unspecified atom stereocenters. The van der Waals surface area contributed by atoms with Gasteiger partial charge in [-0.3, -0.25) is 0 Å². The van der Waals surface area contributed by atoms with Crippen LogP contribution in [0.15, 0.2) is 127 Å². The Morgan fingerprint density at radius 2 is 1.18 bits per heavy atom. The molecule has 2 heteroatoms. The maximum Gasteiger partial charge on any atom is 0.120 e. The first kappa shape index (κ1) is 23.5. The van der Waals surface area contributed by atoms with E-state index in [0.717, 1.165) is 22.9 Å². The van der Waals surface area contributed by atoms with E-state index in [0.29, 0.717) is 6.61 Å². The number of aliphatic hydroxyl groups excluding tert-OH is 1. The summed E-state index contributed by atoms with van der Waals surface area (Å²) in [5, 5.41) is 11.4. The first-order valence-corrected chi connectivity index (χ1v) is 13.5. The van der Waals surface area contributed by atoms with Crippen molar-refractivity contribution in [3.05, 3.63) is 139 Å². The molecule has 0 atom stereocenters. The van der Waals surface area contributed by atoms with Crippen LogP contribution < -0.4 is 4.74 Å². The second kappa shape index (κ2) is 9.90. The summed E-state index contributed by atoms with van der Waals surface area (Å²) in [5.41, 5.74) is 13.0. The summed E-state index contributed by atoms with van der Waals surface area (Å²) < 4.78 is 5.63. The molecule has 6 aromatic rings. The average molecular weight is 505 g/mol. The number of aliphatic hydroxyl groups is 1. The molecule has 188 valence electrons. The fourth-order valence-corrected chi connectivity index (χ4v) is 6.00. The lowest BCUT2D eigenvalue weighted by Gasteiger charge is -2.16. The van der Waals surface area contributed by atoms with Gasteiger partial charge in [0.25, 0.3) is 0 Å². The molecule has 0 spiro atoms. The van der Waals surface area contributed by atoms with Crippen LogP contribution in [0.25, 0.3) is 55.3 Å². The molecule has 0 aromatic heterocycles. The van der Waals surface area contributed by atoms with Gasteiger partial charge in [-0.1, -0.05) is 109 Å². The predicted molar refractivity (Wildman–Crippen MR) is 161 cm³/mol. The molecule has 0 fully saturated rings. The molecular weight excluding hydrogens is 476 g/mol. The van der Waals surface area contributed by atoms with Crippen molar-refractivity contribution in [3.63, 3.8) is 0 Å². The van der Waals surface area contributed by atoms with E-state index in [1.807, 2.05) is 12.1 Å². The van der Waals surface area contributed by atoms with Crippen molar-refractivity contribution in [2.24, 2.45) is 0 Å². The highest BCUT2D eigenvalue weighted by atomic mass is 16.5. The van der Waals surface area contributed by atoms with E-state index in [9.17, 15) is 0 Å². The first-order valence-electron chi connectivity index (χ1n) is 13.5. The minimum atomic E-state index is 0.00821. The standard InChI is InChI=1S/C37H28O2/c38-20-21-39-30-17-16-27-22-29(15-14-28(27)23-30)32-18-19-34-33-13-7-12-31(25-8-3-1-4-9-25)35(33)24-36(34)37(32)26-10-5-2-6-11-26/h1-19,22-23,38H,20-21,24H2. The van der Waals surface area contributed by atoms with Crippen LogP contribution in [0.2, 0.25) is 0 Å². The number of benzene rings is 6. The Bertz CT molecular complexity index is 1800. The Balaban J connectivity index is 1.38. The zero-order valence-corrected chi connectivity index (χ0v) is 21.6. The smallest absolute Gasteiger partial charge is 0.120 e. The van der Waals surface area contributed by atoms with Crippen LogP contribution in [0.1, 0.15) is 11.1 Å². The molecule has 7 rings (SSSR count). The summed E-state index contributed by atoms with van der Waals surface area (Å²) in [6.07, 6.45) is 0.910. The third-order valence-electron chi connectivity index (χ3n) is 7.76. The molecule has 0 amide bonds. The van der Waals surface area contributed by atoms with E-state index in [1.54, 1.807) is 0 Å². The number of hydrogen-bond acceptors (Lipinski definition) is 2. The maximum atomic E-state index is 9.10. The monoisotopic (exact) mass is 504 g/mol. The van der Waals surface area contributed by atoms with Crippen LogP contribution >= 0.6 is 0 Å². The van der Waals surface area contributed by atoms with Gasteiger partial charge in [-0.05, 0) is 91.0 Å². The summed E-state index contributed by atoms with van der Waals surface area (Å²) in [5.74, 6) is 0.777. The van der Waals surface area contributed by atoms with Crippen LogP contribution in [-0.4, -0.2) is 18.3 Å². The second-order valence-electron chi connectivity index (χ2n) is 10.1. The van der Waals surface area contributed by atoms with Gasteiger partial charge in [-0.2, -0.15) is 0 Å². The Morgan fingerprint density at radius 1 is 0.513 bits per heavy atom. The minimum Gasteiger partial charge on any atom is -0.491 e. The Hall–Kier alpha value is -4.66. The SMILES string of the molecule is OCCOc1ccc2cc(-c3ccc4c(c3-c3ccccc3)Cc3c(-c5ccccc5)cccc3-4)ccc2c1. The van der Waals surface area contributed by atoms with Crippen LogP contribution in [0, 0.1) is 0 Å². The van der Waals surface area contributed by atoms with Crippen LogP contribution in [0.3, 0.4) is 0 Å². The number of hydrogen-bond donors (Lipinski definition) is 1. The quantitative estimate of drug-likeness (QED) is 0.245. The molecule has 1 aliphatic rings. The van der Waals surface area contributed by atoms with Gasteiger partial charge in [0.2, 0.25) is 0 Å². The van der Waals surface area contributed by atoms with Gasteiger partial charge in [0.1, 0.15) is 12.4 Å². The van der Waals surface area contributed by atoms with E-state index in [4.69, 9.17) is 9.84 Å². The second-order valence-corrected chi connectivity index (χ2v) is 10.1. The van der Waals surface area contributed by atoms with Gasteiger partial charge in [0.05, 0.1) is 6.61 Å². The normalized spacial score (nSPS) is 11.8. The third-order valence-corrected chi connectivity index (χ3v) is 7.76. The first-order chi connectivity index (χ1) is 19.3. The average Bonchev–Trinajstić information content (AvgIpc) is 3.39. The molecule has 39 heavy (non-hydrogen) atoms. The van der Waals surface area contributed by atoms with Crippen molar-refractivity contribution in [3.8, 4) is 50.3 Å². The molecule has 0 saturated carbocycles. The molecule has 1 aliphatic carbocycles. The van der Waals surface area contributed by atoms with Crippen LogP contribution in [0.5, 0.6) is 5.75 Å². The molecule has 6 aromatic carbocycles. The Kier molecular flexibility index (Phi) is 5.96. The molecule has 2 nitrogen and oxygen atoms in total. The largest absolute Gasteiger partial charge is 0.491 e. The predicted octanol–water partition coefficient (Wildman–Crippen LogP) is 8.78. The van der Waals surface area contributed by atoms with Crippen LogP contribution in [0.4, 0.5) is 0 Å². The van der Waals surface area contributed by atoms with Gasteiger partial charge in [0.15, 0.2) is 0 Å². The number of rotatable bonds is 6. The summed E-state index contributed by atoms with van der Waals surface area (Å²) in [6.45, 7) is 0.307. The highest BCUT2D eigenvalue weighted by molar-refractivity contribution is 5.97. The lowest BCUT2D eigenvalue weighted by atomic mass is 9.87. The van der Waals surface area contributed by atoms with E-state index in [2.05, 4.69) is 115 Å². The summed E-state index contributed by atoms with van der Waals surface area (Å²) in [7, 11) is 0. The van der Waals surface area contributed by atoms with Crippen molar-refractivity contribution < 1.29 is 9.84 Å². The van der Waals surface area contributed by atoms with Gasteiger partial charge >= 0.3 is 0 Å². The van der Waals surface area contributed by atoms with Crippen LogP contribution in [-0.2, 0) is 6.42 Å². The van der Waals surface area contributed by atoms with Gasteiger partial charge < -0.3 is 9.84 Å². The van der Waals surface area contributed by atoms with Crippen molar-refractivity contribution >= 4 is 10.8 Å². The highest BCUT2D eigenvalue weighted by Crippen LogP contribution is 2.48. The molecule has 0 bridgehead atoms. The zero-order chi connectivity index (χ0) is 26.2. The zero-order valence-electron chi connectivity index (χ0n) is 21.6. The number of fused-ring (bicyclic) bond motifs is 4. The summed E-state index contributed by atoms with van der Waals surface area (Å²) >= 11 is 0. The van der Waals surface area contributed by atoms with Crippen molar-refractivity contribution in [2.45, 2.75) is 6.42 Å². The number of ether oxygens (including phenoxy) is 1. The maximum absolute atomic E-state index is 9.10. The highest BCUT2D eigenvalue weighted by Gasteiger charge is 2.26. The van der Waals surface area contributed by atoms with Crippen molar-refractivity contribution in [2.75, 3.05) is 13.2 Å². The van der Waals surface area contributed by atoms with Gasteiger partial charge in [-0.25, -0.2) is 0 Å². The van der Waals surface area contributed by atoms with E-state index < -0.39 is 0 Å². The molecule has 0 heterocycles. The summed E-state index contributed by atoms with van der Waals surface area (Å²) in [4.78, 5) is 0. The van der Waals surface area contributed by atoms with E-state index in [1.165, 1.54) is 55.6 Å². The topological polar surface area (TPSA) is 29.5 Å². The Morgan fingerprint density at radius 3 is 1.97 bits per heavy atom. The Labute approximate surface area is 228 Å². The fourth-order valence-electron chi connectivity index (χ4n) is 6.00. The summed E-state index contributed by atoms with van der Waals surface area (Å²) in [6, 6.07) is 45.6. The van der Waals surface area contributed by atoms with E-state index >= 15 is 0 Å². The lowest BCUT2D eigenvalue weighted by molar-refractivity contribution is 0.201. The van der Waals surface area contributed by atoms with Gasteiger partial charge in [0, 0.05) is 0 Å². The molecule has 0 saturated heterocycles. The third kappa shape index (κ3) is 4.20. The minimum absolute atomic E-state index is 0.00821.